The van der Waals surface area contributed by atoms with Gasteiger partial charge in [-0.1, -0.05) is 66.2 Å². The lowest BCUT2D eigenvalue weighted by Crippen LogP contribution is -2.31. The van der Waals surface area contributed by atoms with Gasteiger partial charge in [0.2, 0.25) is 0 Å². The lowest BCUT2D eigenvalue weighted by atomic mass is 9.92. The summed E-state index contributed by atoms with van der Waals surface area (Å²) in [5, 5.41) is 21.3. The minimum atomic E-state index is -0.821. The summed E-state index contributed by atoms with van der Waals surface area (Å²) in [6, 6.07) is 21.2. The van der Waals surface area contributed by atoms with Gasteiger partial charge in [-0.15, -0.1) is 0 Å². The van der Waals surface area contributed by atoms with Crippen LogP contribution in [0.15, 0.2) is 84.1 Å². The van der Waals surface area contributed by atoms with E-state index in [-0.39, 0.29) is 29.2 Å². The molecule has 1 heterocycles. The zero-order valence-corrected chi connectivity index (χ0v) is 18.1. The molecule has 4 rings (SSSR count). The number of aryl methyl sites for hydroxylation is 3. The molecule has 32 heavy (non-hydrogen) atoms. The van der Waals surface area contributed by atoms with E-state index in [1.165, 1.54) is 11.0 Å². The van der Waals surface area contributed by atoms with Crippen LogP contribution < -0.4 is 4.90 Å². The first-order valence-corrected chi connectivity index (χ1v) is 10.6. The van der Waals surface area contributed by atoms with Crippen molar-refractivity contribution in [2.45, 2.75) is 32.7 Å². The molecule has 5 nitrogen and oxygen atoms in total. The Morgan fingerprint density at radius 2 is 1.62 bits per heavy atom. The van der Waals surface area contributed by atoms with Gasteiger partial charge in [-0.25, -0.2) is 0 Å². The van der Waals surface area contributed by atoms with E-state index in [1.807, 2.05) is 68.4 Å². The first kappa shape index (κ1) is 21.4. The Hall–Kier alpha value is -3.86. The molecular formula is C27H25NO4. The van der Waals surface area contributed by atoms with E-state index in [0.717, 1.165) is 16.7 Å². The van der Waals surface area contributed by atoms with Gasteiger partial charge in [0.1, 0.15) is 5.75 Å². The van der Waals surface area contributed by atoms with Gasteiger partial charge in [0.25, 0.3) is 5.91 Å². The molecule has 0 saturated heterocycles. The number of rotatable bonds is 6. The largest absolute Gasteiger partial charge is 0.506 e. The van der Waals surface area contributed by atoms with Crippen molar-refractivity contribution in [3.05, 3.63) is 106 Å². The Labute approximate surface area is 187 Å². The van der Waals surface area contributed by atoms with E-state index in [4.69, 9.17) is 0 Å². The molecule has 0 radical (unpaired) electrons. The highest BCUT2D eigenvalue weighted by molar-refractivity contribution is 6.17. The maximum Gasteiger partial charge on any atom is 0.294 e. The summed E-state index contributed by atoms with van der Waals surface area (Å²) < 4.78 is 0. The Morgan fingerprint density at radius 3 is 2.34 bits per heavy atom. The molecule has 0 bridgehead atoms. The molecule has 2 N–H and O–H groups in total. The fourth-order valence-corrected chi connectivity index (χ4v) is 4.16. The van der Waals surface area contributed by atoms with Crippen molar-refractivity contribution in [2.75, 3.05) is 4.90 Å². The molecule has 1 atom stereocenters. The first-order valence-electron chi connectivity index (χ1n) is 10.6. The van der Waals surface area contributed by atoms with Crippen molar-refractivity contribution < 1.29 is 19.8 Å². The number of Topliss-reactive ketones (excluding diaryl/α,β-unsaturated/α-hetero) is 1. The second-order valence-electron chi connectivity index (χ2n) is 8.16. The molecule has 0 spiro atoms. The molecule has 1 amide bonds. The third kappa shape index (κ3) is 4.02. The average Bonchev–Trinajstić information content (AvgIpc) is 3.05. The van der Waals surface area contributed by atoms with E-state index in [0.29, 0.717) is 12.0 Å². The summed E-state index contributed by atoms with van der Waals surface area (Å²) in [4.78, 5) is 27.8. The van der Waals surface area contributed by atoms with Crippen LogP contribution >= 0.6 is 0 Å². The normalized spacial score (nSPS) is 16.0. The summed E-state index contributed by atoms with van der Waals surface area (Å²) in [6.45, 7) is 3.78. The Morgan fingerprint density at radius 1 is 0.906 bits per heavy atom. The van der Waals surface area contributed by atoms with Crippen LogP contribution in [0.4, 0.5) is 5.69 Å². The Kier molecular flexibility index (Phi) is 5.82. The molecule has 1 unspecified atom stereocenters. The lowest BCUT2D eigenvalue weighted by Gasteiger charge is -2.28. The number of phenolic OH excluding ortho intramolecular Hbond substituents is 1. The minimum absolute atomic E-state index is 0.0671. The summed E-state index contributed by atoms with van der Waals surface area (Å²) in [5.74, 6) is -1.64. The average molecular weight is 428 g/mol. The molecule has 5 heteroatoms. The molecule has 3 aromatic rings. The number of carbonyl (C=O) groups excluding carboxylic acids is 2. The van der Waals surface area contributed by atoms with Crippen LogP contribution in [0.25, 0.3) is 0 Å². The number of anilines is 1. The molecule has 0 saturated carbocycles. The molecule has 3 aromatic carbocycles. The standard InChI is InChI=1S/C27H25NO4/c1-17-7-6-10-20(15-17)25-24(23(30)14-12-19-8-4-3-5-9-19)26(31)27(32)28(25)21-16-18(2)11-13-22(21)29/h3-11,13,15-16,25,29,31H,12,14H2,1-2H3. The number of hydrogen-bond acceptors (Lipinski definition) is 4. The van der Waals surface area contributed by atoms with Crippen molar-refractivity contribution in [1.82, 2.24) is 0 Å². The fraction of sp³-hybridized carbons (Fsp3) is 0.185. The van der Waals surface area contributed by atoms with Gasteiger partial charge >= 0.3 is 0 Å². The van der Waals surface area contributed by atoms with Gasteiger partial charge in [0.05, 0.1) is 17.3 Å². The van der Waals surface area contributed by atoms with Gasteiger partial charge in [0.15, 0.2) is 11.5 Å². The Bertz CT molecular complexity index is 1210. The van der Waals surface area contributed by atoms with Gasteiger partial charge in [-0.3, -0.25) is 14.5 Å². The van der Waals surface area contributed by atoms with E-state index in [1.54, 1.807) is 12.1 Å². The number of aliphatic hydroxyl groups is 1. The third-order valence-corrected chi connectivity index (χ3v) is 5.74. The van der Waals surface area contributed by atoms with Crippen LogP contribution in [-0.2, 0) is 16.0 Å². The van der Waals surface area contributed by atoms with Crippen LogP contribution in [0.5, 0.6) is 5.75 Å². The number of benzene rings is 3. The zero-order chi connectivity index (χ0) is 22.8. The van der Waals surface area contributed by atoms with Crippen molar-refractivity contribution >= 4 is 17.4 Å². The van der Waals surface area contributed by atoms with Crippen LogP contribution in [-0.4, -0.2) is 21.9 Å². The highest BCUT2D eigenvalue weighted by Gasteiger charge is 2.44. The van der Waals surface area contributed by atoms with Crippen molar-refractivity contribution in [2.24, 2.45) is 0 Å². The topological polar surface area (TPSA) is 77.8 Å². The number of aromatic hydroxyl groups is 1. The SMILES string of the molecule is Cc1cccc(C2C(C(=O)CCc3ccccc3)=C(O)C(=O)N2c2cc(C)ccc2O)c1. The number of ketones is 1. The number of phenols is 1. The molecule has 1 aliphatic rings. The fourth-order valence-electron chi connectivity index (χ4n) is 4.16. The van der Waals surface area contributed by atoms with Crippen molar-refractivity contribution in [3.63, 3.8) is 0 Å². The summed E-state index contributed by atoms with van der Waals surface area (Å²) in [7, 11) is 0. The maximum atomic E-state index is 13.3. The quantitative estimate of drug-likeness (QED) is 0.573. The van der Waals surface area contributed by atoms with Gasteiger partial charge < -0.3 is 10.2 Å². The summed E-state index contributed by atoms with van der Waals surface area (Å²) in [5.41, 5.74) is 3.84. The number of amides is 1. The van der Waals surface area contributed by atoms with Crippen LogP contribution in [0.1, 0.15) is 34.7 Å². The molecule has 0 aromatic heterocycles. The predicted octanol–water partition coefficient (Wildman–Crippen LogP) is 5.11. The lowest BCUT2D eigenvalue weighted by molar-refractivity contribution is -0.118. The predicted molar refractivity (Wildman–Crippen MR) is 124 cm³/mol. The Balaban J connectivity index is 1.77. The zero-order valence-electron chi connectivity index (χ0n) is 18.1. The third-order valence-electron chi connectivity index (χ3n) is 5.74. The summed E-state index contributed by atoms with van der Waals surface area (Å²) in [6.07, 6.45) is 0.660. The monoisotopic (exact) mass is 427 g/mol. The molecule has 1 aliphatic heterocycles. The van der Waals surface area contributed by atoms with Crippen molar-refractivity contribution in [3.8, 4) is 5.75 Å². The summed E-state index contributed by atoms with van der Waals surface area (Å²) >= 11 is 0. The molecular weight excluding hydrogens is 402 g/mol. The number of nitrogens with zero attached hydrogens (tertiary/aromatic N) is 1. The van der Waals surface area contributed by atoms with Crippen LogP contribution in [0, 0.1) is 13.8 Å². The van der Waals surface area contributed by atoms with Gasteiger partial charge in [-0.2, -0.15) is 0 Å². The van der Waals surface area contributed by atoms with Gasteiger partial charge in [-0.05, 0) is 49.1 Å². The number of carbonyl (C=O) groups is 2. The highest BCUT2D eigenvalue weighted by atomic mass is 16.3. The van der Waals surface area contributed by atoms with E-state index in [2.05, 4.69) is 0 Å². The van der Waals surface area contributed by atoms with Crippen LogP contribution in [0.3, 0.4) is 0 Å². The van der Waals surface area contributed by atoms with Gasteiger partial charge in [0, 0.05) is 6.42 Å². The van der Waals surface area contributed by atoms with Crippen LogP contribution in [0.2, 0.25) is 0 Å². The number of hydrogen-bond donors (Lipinski definition) is 2. The van der Waals surface area contributed by atoms with E-state index in [9.17, 15) is 19.8 Å². The number of aliphatic hydroxyl groups excluding tert-OH is 1. The highest BCUT2D eigenvalue weighted by Crippen LogP contribution is 2.44. The molecule has 162 valence electrons. The minimum Gasteiger partial charge on any atom is -0.506 e. The first-order chi connectivity index (χ1) is 15.4. The van der Waals surface area contributed by atoms with E-state index < -0.39 is 17.7 Å². The molecule has 0 fully saturated rings. The smallest absolute Gasteiger partial charge is 0.294 e. The molecule has 0 aliphatic carbocycles. The van der Waals surface area contributed by atoms with E-state index >= 15 is 0 Å². The maximum absolute atomic E-state index is 13.3. The van der Waals surface area contributed by atoms with Crippen molar-refractivity contribution in [1.29, 1.82) is 0 Å². The second kappa shape index (κ2) is 8.71. The second-order valence-corrected chi connectivity index (χ2v) is 8.16.